The molecule has 146 valence electrons. The summed E-state index contributed by atoms with van der Waals surface area (Å²) in [6.07, 6.45) is 8.84. The Hall–Kier alpha value is -2.42. The van der Waals surface area contributed by atoms with Gasteiger partial charge in [0.15, 0.2) is 0 Å². The number of nitrogen functional groups attached to an aromatic ring is 1. The van der Waals surface area contributed by atoms with Gasteiger partial charge in [0.2, 0.25) is 5.95 Å². The molecule has 0 aliphatic heterocycles. The lowest BCUT2D eigenvalue weighted by Gasteiger charge is -2.16. The van der Waals surface area contributed by atoms with Crippen molar-refractivity contribution in [1.29, 1.82) is 0 Å². The number of aliphatic hydroxyl groups excluding tert-OH is 1. The van der Waals surface area contributed by atoms with Crippen LogP contribution in [0.4, 0.5) is 11.8 Å². The van der Waals surface area contributed by atoms with E-state index >= 15 is 0 Å². The summed E-state index contributed by atoms with van der Waals surface area (Å²) in [5, 5.41) is 13.7. The van der Waals surface area contributed by atoms with Crippen LogP contribution in [0.2, 0.25) is 5.02 Å². The standard InChI is InChI=1S/C15H17ClN4OS.C4H4N2/c16-9-1-5-12(6-2-9)22-13-8-18-15(17)20-14(13)19-10-3-4-11(21)7-10;1-2-5-4-6-3-1/h1-2,5-6,8,10-11,21H,3-4,7H2,(H3,17,18,19,20);1-4H/t10-,11+;/m0./s1. The van der Waals surface area contributed by atoms with Gasteiger partial charge in [-0.05, 0) is 49.6 Å². The molecule has 2 atom stereocenters. The monoisotopic (exact) mass is 416 g/mol. The Bertz CT molecular complexity index is 841. The Morgan fingerprint density at radius 3 is 2.46 bits per heavy atom. The minimum atomic E-state index is -0.232. The molecule has 1 aromatic carbocycles. The number of nitrogens with zero attached hydrogens (tertiary/aromatic N) is 4. The largest absolute Gasteiger partial charge is 0.393 e. The Morgan fingerprint density at radius 2 is 1.89 bits per heavy atom. The molecule has 1 fully saturated rings. The molecule has 2 heterocycles. The van der Waals surface area contributed by atoms with Crippen LogP contribution in [0.15, 0.2) is 65.0 Å². The topological polar surface area (TPSA) is 110 Å². The van der Waals surface area contributed by atoms with Crippen LogP contribution in [0.5, 0.6) is 0 Å². The highest BCUT2D eigenvalue weighted by atomic mass is 35.5. The van der Waals surface area contributed by atoms with Gasteiger partial charge in [-0.2, -0.15) is 4.98 Å². The second kappa shape index (κ2) is 10.2. The van der Waals surface area contributed by atoms with Crippen molar-refractivity contribution in [2.75, 3.05) is 11.1 Å². The number of aliphatic hydroxyl groups is 1. The average Bonchev–Trinajstić information content (AvgIpc) is 3.12. The Labute approximate surface area is 172 Å². The molecule has 4 N–H and O–H groups in total. The quantitative estimate of drug-likeness (QED) is 0.591. The van der Waals surface area contributed by atoms with Crippen molar-refractivity contribution >= 4 is 35.1 Å². The zero-order valence-electron chi connectivity index (χ0n) is 15.1. The van der Waals surface area contributed by atoms with Crippen LogP contribution in [0, 0.1) is 0 Å². The van der Waals surface area contributed by atoms with Gasteiger partial charge in [-0.3, -0.25) is 0 Å². The number of hydrogen-bond acceptors (Lipinski definition) is 8. The minimum absolute atomic E-state index is 0.217. The van der Waals surface area contributed by atoms with Crippen molar-refractivity contribution in [3.05, 3.63) is 60.3 Å². The predicted molar refractivity (Wildman–Crippen MR) is 111 cm³/mol. The van der Waals surface area contributed by atoms with Gasteiger partial charge in [-0.1, -0.05) is 23.4 Å². The van der Waals surface area contributed by atoms with Gasteiger partial charge < -0.3 is 16.2 Å². The van der Waals surface area contributed by atoms with E-state index in [2.05, 4.69) is 25.3 Å². The smallest absolute Gasteiger partial charge is 0.221 e. The van der Waals surface area contributed by atoms with Crippen LogP contribution in [0.25, 0.3) is 0 Å². The van der Waals surface area contributed by atoms with E-state index in [4.69, 9.17) is 17.3 Å². The van der Waals surface area contributed by atoms with E-state index < -0.39 is 0 Å². The summed E-state index contributed by atoms with van der Waals surface area (Å²) in [5.41, 5.74) is 5.70. The van der Waals surface area contributed by atoms with E-state index in [1.54, 1.807) is 36.4 Å². The molecule has 0 amide bonds. The highest BCUT2D eigenvalue weighted by Crippen LogP contribution is 2.34. The number of rotatable bonds is 4. The summed E-state index contributed by atoms with van der Waals surface area (Å²) in [7, 11) is 0. The molecule has 28 heavy (non-hydrogen) atoms. The van der Waals surface area contributed by atoms with E-state index in [1.165, 1.54) is 6.33 Å². The van der Waals surface area contributed by atoms with E-state index in [0.717, 1.165) is 29.1 Å². The first-order valence-electron chi connectivity index (χ1n) is 8.80. The molecule has 0 radical (unpaired) electrons. The molecule has 1 saturated carbocycles. The van der Waals surface area contributed by atoms with Crippen LogP contribution in [0.3, 0.4) is 0 Å². The predicted octanol–water partition coefficient (Wildman–Crippen LogP) is 3.67. The third-order valence-corrected chi connectivity index (χ3v) is 5.32. The fourth-order valence-corrected chi connectivity index (χ4v) is 3.69. The number of aromatic nitrogens is 4. The maximum Gasteiger partial charge on any atom is 0.221 e. The van der Waals surface area contributed by atoms with Gasteiger partial charge in [0.25, 0.3) is 0 Å². The van der Waals surface area contributed by atoms with E-state index in [0.29, 0.717) is 10.8 Å². The second-order valence-electron chi connectivity index (χ2n) is 6.21. The summed E-state index contributed by atoms with van der Waals surface area (Å²) < 4.78 is 0. The summed E-state index contributed by atoms with van der Waals surface area (Å²) in [6, 6.07) is 9.60. The lowest BCUT2D eigenvalue weighted by molar-refractivity contribution is 0.182. The van der Waals surface area contributed by atoms with E-state index in [1.807, 2.05) is 24.3 Å². The highest BCUT2D eigenvalue weighted by molar-refractivity contribution is 7.99. The van der Waals surface area contributed by atoms with Gasteiger partial charge in [-0.15, -0.1) is 0 Å². The number of anilines is 2. The van der Waals surface area contributed by atoms with Gasteiger partial charge in [0.1, 0.15) is 12.1 Å². The molecule has 1 aliphatic rings. The zero-order chi connectivity index (χ0) is 19.8. The minimum Gasteiger partial charge on any atom is -0.393 e. The van der Waals surface area contributed by atoms with Crippen LogP contribution in [0.1, 0.15) is 19.3 Å². The third-order valence-electron chi connectivity index (χ3n) is 4.04. The SMILES string of the molecule is Nc1ncc(Sc2ccc(Cl)cc2)c(N[C@H]2CC[C@@H](O)C2)n1.c1cncnc1. The van der Waals surface area contributed by atoms with Crippen molar-refractivity contribution in [2.24, 2.45) is 0 Å². The van der Waals surface area contributed by atoms with E-state index in [9.17, 15) is 5.11 Å². The fourth-order valence-electron chi connectivity index (χ4n) is 2.73. The van der Waals surface area contributed by atoms with Crippen molar-refractivity contribution in [1.82, 2.24) is 19.9 Å². The molecule has 0 spiro atoms. The fraction of sp³-hybridized carbons (Fsp3) is 0.263. The van der Waals surface area contributed by atoms with Gasteiger partial charge >= 0.3 is 0 Å². The van der Waals surface area contributed by atoms with E-state index in [-0.39, 0.29) is 18.1 Å². The third kappa shape index (κ3) is 6.33. The van der Waals surface area contributed by atoms with Crippen molar-refractivity contribution < 1.29 is 5.11 Å². The van der Waals surface area contributed by atoms with Gasteiger partial charge in [0.05, 0.1) is 11.0 Å². The molecular formula is C19H21ClN6OS. The number of hydrogen-bond donors (Lipinski definition) is 3. The van der Waals surface area contributed by atoms with Crippen molar-refractivity contribution in [3.63, 3.8) is 0 Å². The average molecular weight is 417 g/mol. The lowest BCUT2D eigenvalue weighted by Crippen LogP contribution is -2.18. The molecule has 9 heteroatoms. The maximum atomic E-state index is 9.65. The molecule has 0 unspecified atom stereocenters. The summed E-state index contributed by atoms with van der Waals surface area (Å²) in [4.78, 5) is 17.7. The van der Waals surface area contributed by atoms with Gasteiger partial charge in [0, 0.05) is 34.6 Å². The Kier molecular flexibility index (Phi) is 7.41. The lowest BCUT2D eigenvalue weighted by atomic mass is 10.2. The Morgan fingerprint density at radius 1 is 1.14 bits per heavy atom. The van der Waals surface area contributed by atoms with Crippen LogP contribution in [-0.4, -0.2) is 37.2 Å². The molecule has 0 bridgehead atoms. The molecule has 0 saturated heterocycles. The Balaban J connectivity index is 0.000000320. The second-order valence-corrected chi connectivity index (χ2v) is 7.76. The normalized spacial score (nSPS) is 18.2. The van der Waals surface area contributed by atoms with Crippen LogP contribution in [-0.2, 0) is 0 Å². The zero-order valence-corrected chi connectivity index (χ0v) is 16.6. The number of halogens is 1. The molecule has 7 nitrogen and oxygen atoms in total. The first kappa shape index (κ1) is 20.3. The summed E-state index contributed by atoms with van der Waals surface area (Å²) in [6.45, 7) is 0. The molecule has 4 rings (SSSR count). The number of nitrogens with two attached hydrogens (primary N) is 1. The first-order valence-corrected chi connectivity index (χ1v) is 10.00. The first-order chi connectivity index (χ1) is 13.6. The highest BCUT2D eigenvalue weighted by Gasteiger charge is 2.24. The molecule has 2 aromatic heterocycles. The van der Waals surface area contributed by atoms with Crippen LogP contribution >= 0.6 is 23.4 Å². The maximum absolute atomic E-state index is 9.65. The summed E-state index contributed by atoms with van der Waals surface area (Å²) >= 11 is 7.46. The number of benzene rings is 1. The molecule has 1 aliphatic carbocycles. The van der Waals surface area contributed by atoms with Crippen LogP contribution < -0.4 is 11.1 Å². The molecular weight excluding hydrogens is 396 g/mol. The van der Waals surface area contributed by atoms with Gasteiger partial charge in [-0.25, -0.2) is 15.0 Å². The number of nitrogens with one attached hydrogen (secondary N) is 1. The van der Waals surface area contributed by atoms with Crippen molar-refractivity contribution in [3.8, 4) is 0 Å². The van der Waals surface area contributed by atoms with Crippen molar-refractivity contribution in [2.45, 2.75) is 41.2 Å². The summed E-state index contributed by atoms with van der Waals surface area (Å²) in [5.74, 6) is 0.952. The molecule has 3 aromatic rings.